The Balaban J connectivity index is 1.52. The van der Waals surface area contributed by atoms with E-state index in [1.165, 1.54) is 16.7 Å². The van der Waals surface area contributed by atoms with Gasteiger partial charge >= 0.3 is 0 Å². The van der Waals surface area contributed by atoms with Crippen molar-refractivity contribution in [2.24, 2.45) is 0 Å². The van der Waals surface area contributed by atoms with E-state index in [1.807, 2.05) is 36.4 Å². The fourth-order valence-corrected chi connectivity index (χ4v) is 6.17. The monoisotopic (exact) mass is 578 g/mol. The summed E-state index contributed by atoms with van der Waals surface area (Å²) < 4.78 is 18.0. The second kappa shape index (κ2) is 12.1. The van der Waals surface area contributed by atoms with Gasteiger partial charge in [-0.05, 0) is 54.1 Å². The Morgan fingerprint density at radius 2 is 1.07 bits per heavy atom. The van der Waals surface area contributed by atoms with Crippen molar-refractivity contribution in [1.29, 1.82) is 0 Å². The van der Waals surface area contributed by atoms with Crippen molar-refractivity contribution in [3.8, 4) is 34.1 Å². The van der Waals surface area contributed by atoms with Gasteiger partial charge in [0.2, 0.25) is 0 Å². The molecule has 1 unspecified atom stereocenters. The summed E-state index contributed by atoms with van der Waals surface area (Å²) in [6.45, 7) is 1.31. The number of hydrogen-bond acceptors (Lipinski definition) is 5. The quantitative estimate of drug-likeness (QED) is 0.189. The number of furan rings is 1. The van der Waals surface area contributed by atoms with Gasteiger partial charge < -0.3 is 23.7 Å². The Kier molecular flexibility index (Phi) is 7.51. The Hall–Kier alpha value is -5.42. The predicted octanol–water partition coefficient (Wildman–Crippen LogP) is 9.20. The van der Waals surface area contributed by atoms with Crippen LogP contribution < -0.4 is 19.3 Å². The maximum Gasteiger partial charge on any atom is 0.140 e. The standard InChI is InChI=1S/C39H34N2O3/c1-42-33-22-18-31(19-23-33)40-26-35-36(39(30-16-10-5-11-17-30)44-38(35)29-14-8-4-9-15-29)37(28-12-6-3-7-13-28)41(27-40)32-20-24-34(43-2)25-21-32/h3-25,37H,26-27H2,1-2H3. The first-order chi connectivity index (χ1) is 21.7. The summed E-state index contributed by atoms with van der Waals surface area (Å²) in [4.78, 5) is 4.89. The van der Waals surface area contributed by atoms with Crippen LogP contribution in [0.25, 0.3) is 22.6 Å². The van der Waals surface area contributed by atoms with Crippen molar-refractivity contribution in [3.05, 3.63) is 156 Å². The lowest BCUT2D eigenvalue weighted by atomic mass is 9.90. The second-order valence-electron chi connectivity index (χ2n) is 10.9. The lowest BCUT2D eigenvalue weighted by molar-refractivity contribution is 0.414. The topological polar surface area (TPSA) is 38.1 Å². The summed E-state index contributed by atoms with van der Waals surface area (Å²) >= 11 is 0. The highest BCUT2D eigenvalue weighted by atomic mass is 16.5. The van der Waals surface area contributed by atoms with Crippen molar-refractivity contribution < 1.29 is 13.9 Å². The van der Waals surface area contributed by atoms with Gasteiger partial charge in [0, 0.05) is 40.2 Å². The van der Waals surface area contributed by atoms with Gasteiger partial charge in [0.25, 0.3) is 0 Å². The zero-order valence-electron chi connectivity index (χ0n) is 24.9. The number of rotatable bonds is 7. The minimum absolute atomic E-state index is 0.126. The van der Waals surface area contributed by atoms with E-state index in [-0.39, 0.29) is 6.04 Å². The zero-order valence-corrected chi connectivity index (χ0v) is 24.9. The third-order valence-electron chi connectivity index (χ3n) is 8.33. The van der Waals surface area contributed by atoms with E-state index in [0.29, 0.717) is 13.2 Å². The molecule has 5 heteroatoms. The second-order valence-corrected chi connectivity index (χ2v) is 10.9. The first-order valence-electron chi connectivity index (χ1n) is 14.8. The smallest absolute Gasteiger partial charge is 0.140 e. The molecule has 0 N–H and O–H groups in total. The average molecular weight is 579 g/mol. The van der Waals surface area contributed by atoms with Gasteiger partial charge in [0.15, 0.2) is 0 Å². The molecule has 0 saturated carbocycles. The van der Waals surface area contributed by atoms with Gasteiger partial charge in [0.1, 0.15) is 23.0 Å². The number of anilines is 2. The Labute approximate surface area is 258 Å². The van der Waals surface area contributed by atoms with Crippen molar-refractivity contribution >= 4 is 11.4 Å². The van der Waals surface area contributed by atoms with Crippen LogP contribution in [0.4, 0.5) is 11.4 Å². The number of benzene rings is 5. The van der Waals surface area contributed by atoms with Gasteiger partial charge in [-0.15, -0.1) is 0 Å². The maximum absolute atomic E-state index is 7.00. The molecule has 0 radical (unpaired) electrons. The molecule has 6 aromatic rings. The van der Waals surface area contributed by atoms with E-state index in [2.05, 4.69) is 113 Å². The van der Waals surface area contributed by atoms with Crippen molar-refractivity contribution in [2.45, 2.75) is 12.6 Å². The summed E-state index contributed by atoms with van der Waals surface area (Å²) in [5.41, 5.74) is 7.85. The minimum atomic E-state index is -0.126. The fourth-order valence-electron chi connectivity index (χ4n) is 6.17. The van der Waals surface area contributed by atoms with E-state index in [1.54, 1.807) is 14.2 Å². The number of ether oxygens (including phenoxy) is 2. The van der Waals surface area contributed by atoms with Gasteiger partial charge in [-0.25, -0.2) is 0 Å². The largest absolute Gasteiger partial charge is 0.497 e. The highest BCUT2D eigenvalue weighted by Crippen LogP contribution is 2.48. The fraction of sp³-hybridized carbons (Fsp3) is 0.128. The normalized spacial score (nSPS) is 14.5. The maximum atomic E-state index is 7.00. The van der Waals surface area contributed by atoms with Crippen LogP contribution in [0.15, 0.2) is 144 Å². The Bertz CT molecular complexity index is 1820. The number of fused-ring (bicyclic) bond motifs is 1. The highest BCUT2D eigenvalue weighted by molar-refractivity contribution is 5.77. The third-order valence-corrected chi connectivity index (χ3v) is 8.33. The predicted molar refractivity (Wildman–Crippen MR) is 177 cm³/mol. The molecular weight excluding hydrogens is 544 g/mol. The lowest BCUT2D eigenvalue weighted by Gasteiger charge is -2.36. The molecule has 2 heterocycles. The molecular formula is C39H34N2O3. The van der Waals surface area contributed by atoms with E-state index >= 15 is 0 Å². The number of methoxy groups -OCH3 is 2. The van der Waals surface area contributed by atoms with E-state index in [4.69, 9.17) is 13.9 Å². The van der Waals surface area contributed by atoms with E-state index in [0.717, 1.165) is 45.5 Å². The summed E-state index contributed by atoms with van der Waals surface area (Å²) in [6, 6.07) is 48.2. The molecule has 1 atom stereocenters. The van der Waals surface area contributed by atoms with Crippen LogP contribution in [-0.2, 0) is 6.54 Å². The molecule has 218 valence electrons. The van der Waals surface area contributed by atoms with Crippen LogP contribution in [0, 0.1) is 0 Å². The molecule has 0 aliphatic carbocycles. The molecule has 0 amide bonds. The molecule has 1 aliphatic heterocycles. The average Bonchev–Trinajstić information content (AvgIpc) is 3.37. The van der Waals surface area contributed by atoms with Crippen molar-refractivity contribution in [1.82, 2.24) is 0 Å². The lowest BCUT2D eigenvalue weighted by Crippen LogP contribution is -2.38. The van der Waals surface area contributed by atoms with Gasteiger partial charge in [-0.3, -0.25) is 0 Å². The van der Waals surface area contributed by atoms with Crippen LogP contribution in [-0.4, -0.2) is 20.9 Å². The van der Waals surface area contributed by atoms with E-state index < -0.39 is 0 Å². The molecule has 5 aromatic carbocycles. The van der Waals surface area contributed by atoms with Crippen LogP contribution in [0.3, 0.4) is 0 Å². The third kappa shape index (κ3) is 5.18. The summed E-state index contributed by atoms with van der Waals surface area (Å²) in [5, 5.41) is 0. The number of hydrogen-bond donors (Lipinski definition) is 0. The van der Waals surface area contributed by atoms with Gasteiger partial charge in [-0.1, -0.05) is 91.0 Å². The Morgan fingerprint density at radius 1 is 0.568 bits per heavy atom. The molecule has 0 bridgehead atoms. The van der Waals surface area contributed by atoms with E-state index in [9.17, 15) is 0 Å². The van der Waals surface area contributed by atoms with Crippen molar-refractivity contribution in [2.75, 3.05) is 30.7 Å². The SMILES string of the molecule is COc1ccc(N2Cc3c(-c4ccccc4)oc(-c4ccccc4)c3C(c3ccccc3)N(c3ccc(OC)cc3)C2)cc1. The van der Waals surface area contributed by atoms with Gasteiger partial charge in [-0.2, -0.15) is 0 Å². The van der Waals surface area contributed by atoms with Crippen LogP contribution in [0.2, 0.25) is 0 Å². The molecule has 7 rings (SSSR count). The molecule has 1 aliphatic rings. The first kappa shape index (κ1) is 27.4. The molecule has 44 heavy (non-hydrogen) atoms. The molecule has 5 nitrogen and oxygen atoms in total. The van der Waals surface area contributed by atoms with Crippen molar-refractivity contribution in [3.63, 3.8) is 0 Å². The molecule has 0 fully saturated rings. The Morgan fingerprint density at radius 3 is 1.61 bits per heavy atom. The zero-order chi connectivity index (χ0) is 29.9. The highest BCUT2D eigenvalue weighted by Gasteiger charge is 2.37. The summed E-state index contributed by atoms with van der Waals surface area (Å²) in [7, 11) is 3.40. The minimum Gasteiger partial charge on any atom is -0.497 e. The molecule has 0 spiro atoms. The first-order valence-corrected chi connectivity index (χ1v) is 14.8. The summed E-state index contributed by atoms with van der Waals surface area (Å²) in [5.74, 6) is 3.45. The number of nitrogens with zero attached hydrogens (tertiary/aromatic N) is 2. The molecule has 1 aromatic heterocycles. The summed E-state index contributed by atoms with van der Waals surface area (Å²) in [6.07, 6.45) is 0. The van der Waals surface area contributed by atoms with Gasteiger partial charge in [0.05, 0.1) is 26.9 Å². The van der Waals surface area contributed by atoms with Crippen LogP contribution in [0.5, 0.6) is 11.5 Å². The van der Waals surface area contributed by atoms with Crippen LogP contribution >= 0.6 is 0 Å². The molecule has 0 saturated heterocycles. The van der Waals surface area contributed by atoms with Crippen LogP contribution in [0.1, 0.15) is 22.7 Å².